The summed E-state index contributed by atoms with van der Waals surface area (Å²) in [5.74, 6) is 0.863. The Labute approximate surface area is 302 Å². The molecule has 270 valence electrons. The third kappa shape index (κ3) is 11.7. The maximum Gasteiger partial charge on any atom is 0.313 e. The van der Waals surface area contributed by atoms with Crippen molar-refractivity contribution >= 4 is 11.9 Å². The Morgan fingerprint density at radius 3 is 2.16 bits per heavy atom. The van der Waals surface area contributed by atoms with E-state index < -0.39 is 11.6 Å². The van der Waals surface area contributed by atoms with Gasteiger partial charge in [0, 0.05) is 36.6 Å². The lowest BCUT2D eigenvalue weighted by molar-refractivity contribution is -0.168. The van der Waals surface area contributed by atoms with Crippen LogP contribution in [0.3, 0.4) is 0 Å². The maximum absolute atomic E-state index is 13.6. The molecule has 0 radical (unpaired) electrons. The minimum Gasteiger partial charge on any atom is -0.494 e. The van der Waals surface area contributed by atoms with Crippen molar-refractivity contribution in [2.75, 3.05) is 26.4 Å². The zero-order chi connectivity index (χ0) is 36.1. The number of esters is 1. The van der Waals surface area contributed by atoms with Gasteiger partial charge >= 0.3 is 5.97 Å². The van der Waals surface area contributed by atoms with Gasteiger partial charge in [0.25, 0.3) is 0 Å². The second-order valence-corrected chi connectivity index (χ2v) is 14.2. The fourth-order valence-electron chi connectivity index (χ4n) is 5.85. The van der Waals surface area contributed by atoms with Crippen molar-refractivity contribution in [1.29, 1.82) is 0 Å². The summed E-state index contributed by atoms with van der Waals surface area (Å²) in [4.78, 5) is 37.1. The molecule has 5 rings (SSSR count). The normalized spacial score (nSPS) is 13.8. The van der Waals surface area contributed by atoms with Crippen LogP contribution in [0.15, 0.2) is 91.3 Å². The fourth-order valence-corrected chi connectivity index (χ4v) is 5.85. The SMILES string of the molecule is CCCCCCCOc1ccc(-c2cnc(-c3ccc(C[C@H](NCOCc4ccccc4)C(=O)N4CC(C(=O)OC(C)(C)C)C4)cc3)nc2)cc1. The van der Waals surface area contributed by atoms with Crippen molar-refractivity contribution in [3.8, 4) is 28.3 Å². The molecule has 0 saturated carbocycles. The number of hydrogen-bond acceptors (Lipinski definition) is 8. The summed E-state index contributed by atoms with van der Waals surface area (Å²) in [5.41, 5.74) is 4.33. The van der Waals surface area contributed by atoms with E-state index in [9.17, 15) is 9.59 Å². The first-order valence-corrected chi connectivity index (χ1v) is 18.2. The van der Waals surface area contributed by atoms with Crippen LogP contribution in [0.2, 0.25) is 0 Å². The predicted octanol–water partition coefficient (Wildman–Crippen LogP) is 7.63. The second-order valence-electron chi connectivity index (χ2n) is 14.2. The summed E-state index contributed by atoms with van der Waals surface area (Å²) in [6, 6.07) is 25.4. The average molecular weight is 693 g/mol. The van der Waals surface area contributed by atoms with Crippen molar-refractivity contribution in [1.82, 2.24) is 20.2 Å². The van der Waals surface area contributed by atoms with Crippen LogP contribution in [0.1, 0.15) is 70.9 Å². The van der Waals surface area contributed by atoms with E-state index in [1.807, 2.05) is 112 Å². The van der Waals surface area contributed by atoms with Gasteiger partial charge in [-0.2, -0.15) is 0 Å². The van der Waals surface area contributed by atoms with Crippen LogP contribution in [-0.2, 0) is 32.1 Å². The lowest BCUT2D eigenvalue weighted by atomic mass is 9.96. The van der Waals surface area contributed by atoms with Crippen molar-refractivity contribution in [3.63, 3.8) is 0 Å². The molecule has 0 aliphatic carbocycles. The quantitative estimate of drug-likeness (QED) is 0.0645. The zero-order valence-electron chi connectivity index (χ0n) is 30.5. The molecule has 1 amide bonds. The molecule has 1 N–H and O–H groups in total. The number of unbranched alkanes of at least 4 members (excludes halogenated alkanes) is 4. The third-order valence-corrected chi connectivity index (χ3v) is 8.78. The van der Waals surface area contributed by atoms with Crippen molar-refractivity contribution in [2.45, 2.75) is 84.5 Å². The number of ether oxygens (including phenoxy) is 3. The van der Waals surface area contributed by atoms with E-state index in [0.717, 1.165) is 46.6 Å². The van der Waals surface area contributed by atoms with E-state index in [1.54, 1.807) is 4.90 Å². The first-order chi connectivity index (χ1) is 24.7. The number of benzene rings is 3. The molecule has 9 heteroatoms. The number of nitrogens with zero attached hydrogens (tertiary/aromatic N) is 3. The first kappa shape index (κ1) is 37.7. The number of aromatic nitrogens is 2. The van der Waals surface area contributed by atoms with Crippen LogP contribution < -0.4 is 10.1 Å². The number of hydrogen-bond donors (Lipinski definition) is 1. The molecule has 1 saturated heterocycles. The first-order valence-electron chi connectivity index (χ1n) is 18.2. The number of amides is 1. The van der Waals surface area contributed by atoms with Crippen LogP contribution >= 0.6 is 0 Å². The summed E-state index contributed by atoms with van der Waals surface area (Å²) in [6.45, 7) is 9.85. The molecule has 0 bridgehead atoms. The van der Waals surface area contributed by atoms with Crippen LogP contribution in [0.4, 0.5) is 0 Å². The van der Waals surface area contributed by atoms with Crippen molar-refractivity contribution in [2.24, 2.45) is 5.92 Å². The standard InChI is InChI=1S/C42H52N4O5/c1-5-6-7-8-12-23-50-37-21-19-33(20-22-37)35-25-43-39(44-26-35)34-17-15-31(16-18-34)24-38(45-30-49-29-32-13-10-9-11-14-32)40(47)46-27-36(28-46)41(48)51-42(2,3)4/h9-11,13-22,25-26,36,38,45H,5-8,12,23-24,27-30H2,1-4H3/t38-/m0/s1. The smallest absolute Gasteiger partial charge is 0.313 e. The Hall–Kier alpha value is -4.60. The highest BCUT2D eigenvalue weighted by Gasteiger charge is 2.40. The van der Waals surface area contributed by atoms with Crippen LogP contribution in [-0.4, -0.2) is 64.8 Å². The molecular formula is C42H52N4O5. The van der Waals surface area contributed by atoms with Gasteiger partial charge in [-0.15, -0.1) is 0 Å². The molecule has 1 aliphatic rings. The highest BCUT2D eigenvalue weighted by Crippen LogP contribution is 2.25. The molecule has 0 spiro atoms. The average Bonchev–Trinajstić information content (AvgIpc) is 3.11. The van der Waals surface area contributed by atoms with E-state index in [2.05, 4.69) is 22.2 Å². The summed E-state index contributed by atoms with van der Waals surface area (Å²) < 4.78 is 17.3. The van der Waals surface area contributed by atoms with E-state index in [-0.39, 0.29) is 24.5 Å². The van der Waals surface area contributed by atoms with Crippen LogP contribution in [0.25, 0.3) is 22.5 Å². The van der Waals surface area contributed by atoms with Gasteiger partial charge in [-0.25, -0.2) is 9.97 Å². The molecule has 1 atom stereocenters. The molecule has 0 unspecified atom stereocenters. The fraction of sp³-hybridized carbons (Fsp3) is 0.429. The van der Waals surface area contributed by atoms with E-state index >= 15 is 0 Å². The molecule has 51 heavy (non-hydrogen) atoms. The van der Waals surface area contributed by atoms with Gasteiger partial charge in [-0.05, 0) is 62.4 Å². The number of nitrogens with one attached hydrogen (secondary N) is 1. The Balaban J connectivity index is 1.16. The van der Waals surface area contributed by atoms with Crippen LogP contribution in [0.5, 0.6) is 5.75 Å². The number of carbonyl (C=O) groups excluding carboxylic acids is 2. The monoisotopic (exact) mass is 692 g/mol. The Morgan fingerprint density at radius 1 is 0.824 bits per heavy atom. The summed E-state index contributed by atoms with van der Waals surface area (Å²) in [5, 5.41) is 3.30. The third-order valence-electron chi connectivity index (χ3n) is 8.78. The summed E-state index contributed by atoms with van der Waals surface area (Å²) >= 11 is 0. The minimum atomic E-state index is -0.560. The molecule has 1 aromatic heterocycles. The highest BCUT2D eigenvalue weighted by molar-refractivity contribution is 5.85. The minimum absolute atomic E-state index is 0.0666. The molecular weight excluding hydrogens is 640 g/mol. The zero-order valence-corrected chi connectivity index (χ0v) is 30.5. The lowest BCUT2D eigenvalue weighted by Crippen LogP contribution is -2.59. The van der Waals surface area contributed by atoms with Gasteiger partial charge in [0.1, 0.15) is 11.4 Å². The van der Waals surface area contributed by atoms with Gasteiger partial charge < -0.3 is 19.1 Å². The molecule has 4 aromatic rings. The highest BCUT2D eigenvalue weighted by atomic mass is 16.6. The van der Waals surface area contributed by atoms with Crippen LogP contribution in [0, 0.1) is 5.92 Å². The molecule has 9 nitrogen and oxygen atoms in total. The van der Waals surface area contributed by atoms with Gasteiger partial charge in [0.15, 0.2) is 5.82 Å². The topological polar surface area (TPSA) is 103 Å². The van der Waals surface area contributed by atoms with Crippen molar-refractivity contribution in [3.05, 3.63) is 102 Å². The van der Waals surface area contributed by atoms with Gasteiger partial charge in [0.05, 0.1) is 31.9 Å². The molecule has 2 heterocycles. The van der Waals surface area contributed by atoms with E-state index in [1.165, 1.54) is 25.7 Å². The van der Waals surface area contributed by atoms with E-state index in [0.29, 0.717) is 31.9 Å². The molecule has 1 fully saturated rings. The van der Waals surface area contributed by atoms with Gasteiger partial charge in [0.2, 0.25) is 5.91 Å². The number of carbonyl (C=O) groups is 2. The Bertz CT molecular complexity index is 1650. The van der Waals surface area contributed by atoms with E-state index in [4.69, 9.17) is 14.2 Å². The van der Waals surface area contributed by atoms with Gasteiger partial charge in [-0.1, -0.05) is 99.3 Å². The second kappa shape index (κ2) is 18.6. The molecule has 1 aliphatic heterocycles. The largest absolute Gasteiger partial charge is 0.494 e. The maximum atomic E-state index is 13.6. The molecule has 3 aromatic carbocycles. The lowest BCUT2D eigenvalue weighted by Gasteiger charge is -2.40. The van der Waals surface area contributed by atoms with Gasteiger partial charge in [-0.3, -0.25) is 14.9 Å². The number of rotatable bonds is 18. The Morgan fingerprint density at radius 2 is 1.49 bits per heavy atom. The van der Waals surface area contributed by atoms with Crippen molar-refractivity contribution < 1.29 is 23.8 Å². The Kier molecular flexibility index (Phi) is 13.7. The summed E-state index contributed by atoms with van der Waals surface area (Å²) in [7, 11) is 0. The summed E-state index contributed by atoms with van der Waals surface area (Å²) in [6.07, 6.45) is 10.2. The number of likely N-dealkylation sites (tertiary alicyclic amines) is 1. The predicted molar refractivity (Wildman–Crippen MR) is 200 cm³/mol.